The Bertz CT molecular complexity index is 116. The summed E-state index contributed by atoms with van der Waals surface area (Å²) >= 11 is 0. The van der Waals surface area contributed by atoms with Gasteiger partial charge in [-0.2, -0.15) is 0 Å². The Balaban J connectivity index is 1.85. The lowest BCUT2D eigenvalue weighted by Gasteiger charge is -2.00. The lowest BCUT2D eigenvalue weighted by molar-refractivity contribution is -0.0299. The van der Waals surface area contributed by atoms with Gasteiger partial charge in [-0.05, 0) is 6.42 Å². The normalized spacial score (nSPS) is 26.3. The number of nitrogens with one attached hydrogen (secondary N) is 1. The monoisotopic (exact) mass is 187 g/mol. The van der Waals surface area contributed by atoms with Crippen LogP contribution in [0.1, 0.15) is 32.6 Å². The van der Waals surface area contributed by atoms with E-state index in [-0.39, 0.29) is 0 Å². The minimum absolute atomic E-state index is 0.417. The van der Waals surface area contributed by atoms with Crippen LogP contribution >= 0.6 is 0 Å². The average Bonchev–Trinajstić information content (AvgIpc) is 2.85. The van der Waals surface area contributed by atoms with Crippen molar-refractivity contribution >= 4 is 0 Å². The highest BCUT2D eigenvalue weighted by atomic mass is 16.7. The van der Waals surface area contributed by atoms with Crippen LogP contribution in [-0.4, -0.2) is 32.6 Å². The van der Waals surface area contributed by atoms with Gasteiger partial charge in [0.25, 0.3) is 0 Å². The highest BCUT2D eigenvalue weighted by Gasteiger charge is 2.34. The minimum atomic E-state index is 0.417. The molecule has 0 bridgehead atoms. The van der Waals surface area contributed by atoms with E-state index >= 15 is 0 Å². The molecule has 0 aromatic rings. The Morgan fingerprint density at radius 1 is 1.23 bits per heavy atom. The first-order valence-corrected chi connectivity index (χ1v) is 5.21. The standard InChI is InChI=1S/C10H21NO2/c1-3-4-5-6-9-10(11-9)7-13-8-12-2/h9-11H,3-8H2,1-2H3/t9-,10-/m0/s1. The van der Waals surface area contributed by atoms with Gasteiger partial charge in [-0.1, -0.05) is 26.2 Å². The molecule has 2 atom stereocenters. The summed E-state index contributed by atoms with van der Waals surface area (Å²) in [6.45, 7) is 3.45. The van der Waals surface area contributed by atoms with Crippen molar-refractivity contribution < 1.29 is 9.47 Å². The fraction of sp³-hybridized carbons (Fsp3) is 1.00. The van der Waals surface area contributed by atoms with Crippen molar-refractivity contribution in [1.29, 1.82) is 0 Å². The lowest BCUT2D eigenvalue weighted by Crippen LogP contribution is -2.07. The number of methoxy groups -OCH3 is 1. The van der Waals surface area contributed by atoms with Crippen LogP contribution in [0, 0.1) is 0 Å². The van der Waals surface area contributed by atoms with Gasteiger partial charge in [-0.15, -0.1) is 0 Å². The Kier molecular flexibility index (Phi) is 5.35. The van der Waals surface area contributed by atoms with Crippen molar-refractivity contribution in [3.63, 3.8) is 0 Å². The zero-order valence-electron chi connectivity index (χ0n) is 8.71. The summed E-state index contributed by atoms with van der Waals surface area (Å²) in [5.41, 5.74) is 0. The minimum Gasteiger partial charge on any atom is -0.359 e. The summed E-state index contributed by atoms with van der Waals surface area (Å²) in [5, 5.41) is 3.41. The first kappa shape index (κ1) is 11.0. The number of hydrogen-bond donors (Lipinski definition) is 1. The third-order valence-corrected chi connectivity index (χ3v) is 2.42. The topological polar surface area (TPSA) is 40.4 Å². The number of unbranched alkanes of at least 4 members (excludes halogenated alkanes) is 2. The number of ether oxygens (including phenoxy) is 2. The molecule has 1 fully saturated rings. The second-order valence-corrected chi connectivity index (χ2v) is 3.65. The molecule has 0 spiro atoms. The van der Waals surface area contributed by atoms with Crippen LogP contribution in [-0.2, 0) is 9.47 Å². The quantitative estimate of drug-likeness (QED) is 0.356. The molecule has 78 valence electrons. The molecular formula is C10H21NO2. The molecule has 3 nitrogen and oxygen atoms in total. The van der Waals surface area contributed by atoms with Crippen molar-refractivity contribution in [2.75, 3.05) is 20.5 Å². The molecule has 0 aromatic carbocycles. The van der Waals surface area contributed by atoms with E-state index in [1.165, 1.54) is 25.7 Å². The van der Waals surface area contributed by atoms with Gasteiger partial charge in [0.2, 0.25) is 0 Å². The highest BCUT2D eigenvalue weighted by molar-refractivity contribution is 4.97. The van der Waals surface area contributed by atoms with Gasteiger partial charge in [-0.3, -0.25) is 0 Å². The van der Waals surface area contributed by atoms with Crippen molar-refractivity contribution in [3.8, 4) is 0 Å². The third kappa shape index (κ3) is 4.60. The van der Waals surface area contributed by atoms with Crippen LogP contribution in [0.3, 0.4) is 0 Å². The summed E-state index contributed by atoms with van der Waals surface area (Å²) < 4.78 is 10.1. The van der Waals surface area contributed by atoms with Gasteiger partial charge in [0.05, 0.1) is 6.61 Å². The van der Waals surface area contributed by atoms with E-state index in [0.717, 1.165) is 6.61 Å². The Morgan fingerprint density at radius 2 is 2.08 bits per heavy atom. The van der Waals surface area contributed by atoms with Crippen LogP contribution in [0.15, 0.2) is 0 Å². The summed E-state index contributed by atoms with van der Waals surface area (Å²) in [5.74, 6) is 0. The van der Waals surface area contributed by atoms with Gasteiger partial charge in [0.15, 0.2) is 0 Å². The van der Waals surface area contributed by atoms with Gasteiger partial charge in [0.1, 0.15) is 6.79 Å². The van der Waals surface area contributed by atoms with E-state index < -0.39 is 0 Å². The number of rotatable bonds is 8. The first-order chi connectivity index (χ1) is 6.38. The largest absolute Gasteiger partial charge is 0.359 e. The molecule has 0 aromatic heterocycles. The van der Waals surface area contributed by atoms with E-state index in [1.807, 2.05) is 0 Å². The van der Waals surface area contributed by atoms with E-state index in [0.29, 0.717) is 18.9 Å². The molecule has 1 aliphatic heterocycles. The SMILES string of the molecule is CCCCC[C@@H]1N[C@H]1COCOC. The van der Waals surface area contributed by atoms with Gasteiger partial charge >= 0.3 is 0 Å². The summed E-state index contributed by atoms with van der Waals surface area (Å²) in [6, 6.07) is 1.30. The first-order valence-electron chi connectivity index (χ1n) is 5.21. The predicted octanol–water partition coefficient (Wildman–Crippen LogP) is 1.53. The third-order valence-electron chi connectivity index (χ3n) is 2.42. The molecule has 0 saturated carbocycles. The predicted molar refractivity (Wildman–Crippen MR) is 52.7 cm³/mol. The molecule has 0 radical (unpaired) electrons. The van der Waals surface area contributed by atoms with Gasteiger partial charge in [0, 0.05) is 19.2 Å². The molecule has 1 N–H and O–H groups in total. The van der Waals surface area contributed by atoms with Crippen LogP contribution in [0.25, 0.3) is 0 Å². The molecule has 0 aliphatic carbocycles. The summed E-state index contributed by atoms with van der Waals surface area (Å²) in [4.78, 5) is 0. The molecular weight excluding hydrogens is 166 g/mol. The molecule has 1 rings (SSSR count). The Morgan fingerprint density at radius 3 is 2.77 bits per heavy atom. The highest BCUT2D eigenvalue weighted by Crippen LogP contribution is 2.18. The molecule has 0 unspecified atom stereocenters. The maximum absolute atomic E-state index is 5.26. The summed E-state index contributed by atoms with van der Waals surface area (Å²) in [6.07, 6.45) is 5.30. The van der Waals surface area contributed by atoms with Crippen LogP contribution < -0.4 is 5.32 Å². The fourth-order valence-corrected chi connectivity index (χ4v) is 1.54. The van der Waals surface area contributed by atoms with E-state index in [9.17, 15) is 0 Å². The lowest BCUT2D eigenvalue weighted by atomic mass is 10.1. The Labute approximate surface area is 80.8 Å². The van der Waals surface area contributed by atoms with Crippen molar-refractivity contribution in [2.45, 2.75) is 44.7 Å². The molecule has 13 heavy (non-hydrogen) atoms. The molecule has 1 saturated heterocycles. The smallest absolute Gasteiger partial charge is 0.146 e. The molecule has 3 heteroatoms. The molecule has 1 aliphatic rings. The van der Waals surface area contributed by atoms with Crippen molar-refractivity contribution in [1.82, 2.24) is 5.32 Å². The number of hydrogen-bond acceptors (Lipinski definition) is 3. The zero-order chi connectivity index (χ0) is 9.52. The van der Waals surface area contributed by atoms with Crippen molar-refractivity contribution in [3.05, 3.63) is 0 Å². The van der Waals surface area contributed by atoms with E-state index in [4.69, 9.17) is 9.47 Å². The molecule has 0 amide bonds. The van der Waals surface area contributed by atoms with Gasteiger partial charge < -0.3 is 14.8 Å². The second-order valence-electron chi connectivity index (χ2n) is 3.65. The van der Waals surface area contributed by atoms with Crippen LogP contribution in [0.5, 0.6) is 0 Å². The fourth-order valence-electron chi connectivity index (χ4n) is 1.54. The van der Waals surface area contributed by atoms with Crippen LogP contribution in [0.2, 0.25) is 0 Å². The van der Waals surface area contributed by atoms with Gasteiger partial charge in [-0.25, -0.2) is 0 Å². The van der Waals surface area contributed by atoms with Crippen molar-refractivity contribution in [2.24, 2.45) is 0 Å². The second kappa shape index (κ2) is 6.35. The van der Waals surface area contributed by atoms with E-state index in [1.54, 1.807) is 7.11 Å². The summed E-state index contributed by atoms with van der Waals surface area (Å²) in [7, 11) is 1.65. The maximum atomic E-state index is 5.26. The zero-order valence-corrected chi connectivity index (χ0v) is 8.71. The Hall–Kier alpha value is -0.120. The average molecular weight is 187 g/mol. The maximum Gasteiger partial charge on any atom is 0.146 e. The molecule has 1 heterocycles. The van der Waals surface area contributed by atoms with Crippen LogP contribution in [0.4, 0.5) is 0 Å². The van der Waals surface area contributed by atoms with E-state index in [2.05, 4.69) is 12.2 Å².